The van der Waals surface area contributed by atoms with E-state index in [0.29, 0.717) is 4.47 Å². The Balaban J connectivity index is 1.98. The third-order valence-electron chi connectivity index (χ3n) is 2.64. The van der Waals surface area contributed by atoms with Gasteiger partial charge in [-0.1, -0.05) is 34.2 Å². The molecule has 0 heterocycles. The molecule has 0 bridgehead atoms. The molecule has 0 aliphatic heterocycles. The molecule has 0 spiro atoms. The van der Waals surface area contributed by atoms with Gasteiger partial charge in [0.05, 0.1) is 12.1 Å². The quantitative estimate of drug-likeness (QED) is 0.891. The van der Waals surface area contributed by atoms with Gasteiger partial charge in [0, 0.05) is 4.47 Å². The maximum atomic E-state index is 13.5. The van der Waals surface area contributed by atoms with Gasteiger partial charge < -0.3 is 5.32 Å². The topological polar surface area (TPSA) is 29.1 Å². The average molecular weight is 310 g/mol. The molecular formula is C14H13BrFNO. The average Bonchev–Trinajstić information content (AvgIpc) is 2.34. The second-order valence-corrected chi connectivity index (χ2v) is 5.02. The molecule has 2 nitrogen and oxygen atoms in total. The number of allylic oxidation sites excluding steroid dienone is 3. The van der Waals surface area contributed by atoms with Crippen LogP contribution in [-0.2, 0) is 4.79 Å². The lowest BCUT2D eigenvalue weighted by atomic mass is 10.0. The Kier molecular flexibility index (Phi) is 4.31. The zero-order chi connectivity index (χ0) is 13.0. The van der Waals surface area contributed by atoms with E-state index in [2.05, 4.69) is 21.2 Å². The number of hydrogen-bond acceptors (Lipinski definition) is 1. The molecule has 18 heavy (non-hydrogen) atoms. The van der Waals surface area contributed by atoms with Gasteiger partial charge in [-0.25, -0.2) is 4.39 Å². The highest BCUT2D eigenvalue weighted by molar-refractivity contribution is 9.10. The van der Waals surface area contributed by atoms with Crippen LogP contribution in [0, 0.1) is 5.82 Å². The Morgan fingerprint density at radius 2 is 2.22 bits per heavy atom. The number of anilines is 1. The number of hydrogen-bond donors (Lipinski definition) is 1. The zero-order valence-corrected chi connectivity index (χ0v) is 11.3. The maximum absolute atomic E-state index is 13.5. The summed E-state index contributed by atoms with van der Waals surface area (Å²) in [5, 5.41) is 2.58. The van der Waals surface area contributed by atoms with Crippen LogP contribution in [0.25, 0.3) is 0 Å². The predicted molar refractivity (Wildman–Crippen MR) is 73.8 cm³/mol. The Labute approximate surface area is 114 Å². The van der Waals surface area contributed by atoms with E-state index in [9.17, 15) is 9.18 Å². The van der Waals surface area contributed by atoms with Gasteiger partial charge >= 0.3 is 0 Å². The molecule has 4 heteroatoms. The van der Waals surface area contributed by atoms with Crippen molar-refractivity contribution in [1.29, 1.82) is 0 Å². The van der Waals surface area contributed by atoms with Crippen molar-refractivity contribution in [3.8, 4) is 0 Å². The first-order valence-electron chi connectivity index (χ1n) is 5.75. The van der Waals surface area contributed by atoms with Gasteiger partial charge in [0.1, 0.15) is 5.82 Å². The first-order chi connectivity index (χ1) is 8.65. The van der Waals surface area contributed by atoms with Crippen molar-refractivity contribution in [3.05, 3.63) is 52.3 Å². The van der Waals surface area contributed by atoms with Gasteiger partial charge in [-0.15, -0.1) is 0 Å². The molecule has 0 aromatic heterocycles. The van der Waals surface area contributed by atoms with Crippen LogP contribution in [0.4, 0.5) is 10.1 Å². The first-order valence-corrected chi connectivity index (χ1v) is 6.55. The van der Waals surface area contributed by atoms with Crippen LogP contribution in [0.2, 0.25) is 0 Å². The summed E-state index contributed by atoms with van der Waals surface area (Å²) < 4.78 is 14.2. The number of carbonyl (C=O) groups is 1. The minimum Gasteiger partial charge on any atom is -0.323 e. The Morgan fingerprint density at radius 3 is 2.89 bits per heavy atom. The molecule has 0 fully saturated rings. The Hall–Kier alpha value is -1.42. The fourth-order valence-electron chi connectivity index (χ4n) is 1.77. The molecule has 2 rings (SSSR count). The number of benzene rings is 1. The summed E-state index contributed by atoms with van der Waals surface area (Å²) in [7, 11) is 0. The standard InChI is InChI=1S/C14H13BrFNO/c15-11-6-7-13(12(16)9-11)17-14(18)8-10-4-2-1-3-5-10/h2,4-7,9H,1,3,8H2,(H,17,18). The van der Waals surface area contributed by atoms with Gasteiger partial charge in [-0.2, -0.15) is 0 Å². The molecule has 0 atom stereocenters. The van der Waals surface area contributed by atoms with E-state index in [1.54, 1.807) is 12.1 Å². The lowest BCUT2D eigenvalue weighted by molar-refractivity contribution is -0.115. The lowest BCUT2D eigenvalue weighted by Crippen LogP contribution is -2.13. The Bertz CT molecular complexity index is 523. The van der Waals surface area contributed by atoms with E-state index in [-0.39, 0.29) is 18.0 Å². The van der Waals surface area contributed by atoms with Crippen molar-refractivity contribution in [2.24, 2.45) is 0 Å². The van der Waals surface area contributed by atoms with Gasteiger partial charge in [-0.3, -0.25) is 4.79 Å². The summed E-state index contributed by atoms with van der Waals surface area (Å²) in [6.45, 7) is 0. The summed E-state index contributed by atoms with van der Waals surface area (Å²) in [5.41, 5.74) is 1.19. The highest BCUT2D eigenvalue weighted by Gasteiger charge is 2.09. The molecular weight excluding hydrogens is 297 g/mol. The lowest BCUT2D eigenvalue weighted by Gasteiger charge is -2.09. The fourth-order valence-corrected chi connectivity index (χ4v) is 2.10. The van der Waals surface area contributed by atoms with Crippen LogP contribution >= 0.6 is 15.9 Å². The van der Waals surface area contributed by atoms with E-state index in [1.165, 1.54) is 6.07 Å². The van der Waals surface area contributed by atoms with Crippen molar-refractivity contribution in [2.75, 3.05) is 5.32 Å². The minimum atomic E-state index is -0.439. The highest BCUT2D eigenvalue weighted by atomic mass is 79.9. The van der Waals surface area contributed by atoms with Crippen molar-refractivity contribution in [3.63, 3.8) is 0 Å². The first kappa shape index (κ1) is 13.0. The van der Waals surface area contributed by atoms with Gasteiger partial charge in [-0.05, 0) is 36.6 Å². The van der Waals surface area contributed by atoms with Gasteiger partial charge in [0.25, 0.3) is 0 Å². The molecule has 0 saturated heterocycles. The van der Waals surface area contributed by atoms with Crippen LogP contribution in [0.1, 0.15) is 19.3 Å². The van der Waals surface area contributed by atoms with Crippen LogP contribution < -0.4 is 5.32 Å². The van der Waals surface area contributed by atoms with Crippen LogP contribution in [-0.4, -0.2) is 5.91 Å². The number of carbonyl (C=O) groups excluding carboxylic acids is 1. The third kappa shape index (κ3) is 3.53. The molecule has 1 N–H and O–H groups in total. The van der Waals surface area contributed by atoms with E-state index in [4.69, 9.17) is 0 Å². The smallest absolute Gasteiger partial charge is 0.228 e. The minimum absolute atomic E-state index is 0.200. The second kappa shape index (κ2) is 5.96. The van der Waals surface area contributed by atoms with Gasteiger partial charge in [0.2, 0.25) is 5.91 Å². The van der Waals surface area contributed by atoms with Crippen LogP contribution in [0.15, 0.2) is 46.5 Å². The van der Waals surface area contributed by atoms with Crippen molar-refractivity contribution >= 4 is 27.5 Å². The molecule has 1 aliphatic carbocycles. The highest BCUT2D eigenvalue weighted by Crippen LogP contribution is 2.20. The third-order valence-corrected chi connectivity index (χ3v) is 3.13. The van der Waals surface area contributed by atoms with Crippen LogP contribution in [0.5, 0.6) is 0 Å². The maximum Gasteiger partial charge on any atom is 0.228 e. The van der Waals surface area contributed by atoms with Gasteiger partial charge in [0.15, 0.2) is 0 Å². The second-order valence-electron chi connectivity index (χ2n) is 4.11. The van der Waals surface area contributed by atoms with Crippen molar-refractivity contribution in [2.45, 2.75) is 19.3 Å². The summed E-state index contributed by atoms with van der Waals surface area (Å²) in [5.74, 6) is -0.639. The molecule has 94 valence electrons. The molecule has 0 radical (unpaired) electrons. The largest absolute Gasteiger partial charge is 0.323 e. The van der Waals surface area contributed by atoms with E-state index in [0.717, 1.165) is 18.4 Å². The van der Waals surface area contributed by atoms with Crippen molar-refractivity contribution in [1.82, 2.24) is 0 Å². The molecule has 1 aromatic rings. The predicted octanol–water partition coefficient (Wildman–Crippen LogP) is 4.19. The van der Waals surface area contributed by atoms with Crippen molar-refractivity contribution < 1.29 is 9.18 Å². The normalized spacial score (nSPS) is 14.2. The SMILES string of the molecule is O=C(CC1=CCCC=C1)Nc1ccc(Br)cc1F. The summed E-state index contributed by atoms with van der Waals surface area (Å²) >= 11 is 3.17. The zero-order valence-electron chi connectivity index (χ0n) is 9.75. The monoisotopic (exact) mass is 309 g/mol. The van der Waals surface area contributed by atoms with E-state index >= 15 is 0 Å². The number of halogens is 2. The number of amides is 1. The Morgan fingerprint density at radius 1 is 1.39 bits per heavy atom. The fraction of sp³-hybridized carbons (Fsp3) is 0.214. The number of nitrogens with one attached hydrogen (secondary N) is 1. The number of rotatable bonds is 3. The summed E-state index contributed by atoms with van der Waals surface area (Å²) in [6.07, 6.45) is 8.30. The van der Waals surface area contributed by atoms with Crippen LogP contribution in [0.3, 0.4) is 0 Å². The molecule has 1 amide bonds. The molecule has 0 saturated carbocycles. The van der Waals surface area contributed by atoms with E-state index in [1.807, 2.05) is 18.2 Å². The molecule has 0 unspecified atom stereocenters. The summed E-state index contributed by atoms with van der Waals surface area (Å²) in [6, 6.07) is 4.57. The van der Waals surface area contributed by atoms with E-state index < -0.39 is 5.82 Å². The molecule has 1 aliphatic rings. The summed E-state index contributed by atoms with van der Waals surface area (Å²) in [4.78, 5) is 11.8. The molecule has 1 aromatic carbocycles.